The van der Waals surface area contributed by atoms with Gasteiger partial charge in [-0.2, -0.15) is 0 Å². The highest BCUT2D eigenvalue weighted by Crippen LogP contribution is 2.13. The highest BCUT2D eigenvalue weighted by molar-refractivity contribution is 7.11. The molecule has 0 aliphatic carbocycles. The number of carbonyl (C=O) groups excluding carboxylic acids is 2. The van der Waals surface area contributed by atoms with Crippen molar-refractivity contribution in [3.8, 4) is 0 Å². The van der Waals surface area contributed by atoms with Gasteiger partial charge in [0.15, 0.2) is 0 Å². The highest BCUT2D eigenvalue weighted by Gasteiger charge is 2.19. The van der Waals surface area contributed by atoms with Gasteiger partial charge in [0.1, 0.15) is 5.69 Å². The van der Waals surface area contributed by atoms with Crippen molar-refractivity contribution in [1.29, 1.82) is 0 Å². The van der Waals surface area contributed by atoms with E-state index in [1.54, 1.807) is 20.9 Å². The molecule has 0 aliphatic heterocycles. The van der Waals surface area contributed by atoms with Crippen LogP contribution in [0.2, 0.25) is 0 Å². The van der Waals surface area contributed by atoms with Crippen LogP contribution in [0.15, 0.2) is 5.38 Å². The fraction of sp³-hybridized carbons (Fsp3) is 0.583. The topological polar surface area (TPSA) is 79.7 Å². The third-order valence-corrected chi connectivity index (χ3v) is 3.22. The molecular weight excluding hydrogens is 268 g/mol. The van der Waals surface area contributed by atoms with Crippen LogP contribution in [-0.4, -0.2) is 53.2 Å². The van der Waals surface area contributed by atoms with E-state index < -0.39 is 12.1 Å². The number of esters is 1. The zero-order valence-electron chi connectivity index (χ0n) is 11.3. The van der Waals surface area contributed by atoms with E-state index in [2.05, 4.69) is 4.98 Å². The van der Waals surface area contributed by atoms with Crippen LogP contribution in [-0.2, 0) is 4.74 Å². The molecule has 0 aromatic carbocycles. The highest BCUT2D eigenvalue weighted by atomic mass is 32.1. The average Bonchev–Trinajstić information content (AvgIpc) is 2.84. The molecule has 0 radical (unpaired) electrons. The molecule has 0 fully saturated rings. The summed E-state index contributed by atoms with van der Waals surface area (Å²) in [6.07, 6.45) is 0.0395. The first-order chi connectivity index (χ1) is 8.95. The summed E-state index contributed by atoms with van der Waals surface area (Å²) >= 11 is 1.09. The molecule has 1 aromatic heterocycles. The molecule has 0 saturated heterocycles. The van der Waals surface area contributed by atoms with Gasteiger partial charge in [-0.15, -0.1) is 11.3 Å². The molecule has 7 heteroatoms. The maximum absolute atomic E-state index is 12.0. The van der Waals surface area contributed by atoms with Crippen molar-refractivity contribution in [1.82, 2.24) is 9.88 Å². The smallest absolute Gasteiger partial charge is 0.367 e. The molecule has 6 nitrogen and oxygen atoms in total. The Morgan fingerprint density at radius 2 is 2.26 bits per heavy atom. The molecule has 0 aliphatic rings. The lowest BCUT2D eigenvalue weighted by Crippen LogP contribution is -2.29. The average molecular weight is 286 g/mol. The largest absolute Gasteiger partial charge is 0.461 e. The standard InChI is InChI=1S/C12H18N2O4S/c1-4-18-12(17)10-13-9(7-19-10)11(16)14(3)6-5-8(2)15/h7-8,15H,4-6H2,1-3H3. The van der Waals surface area contributed by atoms with Crippen LogP contribution in [0.4, 0.5) is 0 Å². The molecule has 106 valence electrons. The molecule has 1 N–H and O–H groups in total. The normalized spacial score (nSPS) is 12.0. The summed E-state index contributed by atoms with van der Waals surface area (Å²) in [7, 11) is 1.63. The minimum atomic E-state index is -0.516. The van der Waals surface area contributed by atoms with Crippen LogP contribution in [0, 0.1) is 0 Å². The number of rotatable bonds is 6. The summed E-state index contributed by atoms with van der Waals surface area (Å²) in [4.78, 5) is 28.9. The minimum Gasteiger partial charge on any atom is -0.461 e. The monoisotopic (exact) mass is 286 g/mol. The Labute approximate surface area is 116 Å². The molecule has 0 spiro atoms. The second-order valence-electron chi connectivity index (χ2n) is 4.12. The summed E-state index contributed by atoms with van der Waals surface area (Å²) in [5, 5.41) is 10.9. The number of aromatic nitrogens is 1. The number of thiazole rings is 1. The van der Waals surface area contributed by atoms with E-state index in [1.165, 1.54) is 10.3 Å². The zero-order valence-corrected chi connectivity index (χ0v) is 12.1. The molecule has 19 heavy (non-hydrogen) atoms. The van der Waals surface area contributed by atoms with Crippen molar-refractivity contribution >= 4 is 23.2 Å². The third kappa shape index (κ3) is 4.60. The second kappa shape index (κ2) is 7.20. The quantitative estimate of drug-likeness (QED) is 0.794. The Hall–Kier alpha value is -1.47. The van der Waals surface area contributed by atoms with Crippen molar-refractivity contribution in [2.24, 2.45) is 0 Å². The van der Waals surface area contributed by atoms with E-state index in [0.29, 0.717) is 13.0 Å². The first-order valence-corrected chi connectivity index (χ1v) is 6.89. The van der Waals surface area contributed by atoms with E-state index in [9.17, 15) is 14.7 Å². The Kier molecular flexibility index (Phi) is 5.91. The van der Waals surface area contributed by atoms with E-state index in [1.807, 2.05) is 0 Å². The van der Waals surface area contributed by atoms with E-state index in [-0.39, 0.29) is 23.2 Å². The maximum atomic E-state index is 12.0. The molecule has 1 aromatic rings. The minimum absolute atomic E-state index is 0.175. The summed E-state index contributed by atoms with van der Waals surface area (Å²) < 4.78 is 4.81. The number of carbonyl (C=O) groups is 2. The predicted molar refractivity (Wildman–Crippen MR) is 71.3 cm³/mol. The van der Waals surface area contributed by atoms with Gasteiger partial charge in [0.2, 0.25) is 5.01 Å². The second-order valence-corrected chi connectivity index (χ2v) is 4.98. The number of amides is 1. The van der Waals surface area contributed by atoms with Gasteiger partial charge < -0.3 is 14.7 Å². The lowest BCUT2D eigenvalue weighted by molar-refractivity contribution is 0.0526. The van der Waals surface area contributed by atoms with Crippen LogP contribution < -0.4 is 0 Å². The molecule has 1 atom stereocenters. The molecule has 1 rings (SSSR count). The van der Waals surface area contributed by atoms with Crippen LogP contribution in [0.25, 0.3) is 0 Å². The van der Waals surface area contributed by atoms with Crippen LogP contribution in [0.5, 0.6) is 0 Å². The maximum Gasteiger partial charge on any atom is 0.367 e. The number of ether oxygens (including phenoxy) is 1. The van der Waals surface area contributed by atoms with Gasteiger partial charge in [-0.05, 0) is 20.3 Å². The van der Waals surface area contributed by atoms with Gasteiger partial charge in [0.05, 0.1) is 12.7 Å². The predicted octanol–water partition coefficient (Wildman–Crippen LogP) is 1.16. The molecule has 1 unspecified atom stereocenters. The van der Waals surface area contributed by atoms with Crippen LogP contribution in [0.1, 0.15) is 40.6 Å². The first-order valence-electron chi connectivity index (χ1n) is 6.01. The Bertz CT molecular complexity index is 445. The van der Waals surface area contributed by atoms with E-state index in [0.717, 1.165) is 11.3 Å². The number of aliphatic hydroxyl groups excluding tert-OH is 1. The van der Waals surface area contributed by atoms with Crippen molar-refractivity contribution in [2.45, 2.75) is 26.4 Å². The lowest BCUT2D eigenvalue weighted by Gasteiger charge is -2.16. The molecule has 0 bridgehead atoms. The van der Waals surface area contributed by atoms with Gasteiger partial charge in [0, 0.05) is 19.0 Å². The molecule has 1 amide bonds. The first kappa shape index (κ1) is 15.6. The Morgan fingerprint density at radius 3 is 2.84 bits per heavy atom. The van der Waals surface area contributed by atoms with E-state index >= 15 is 0 Å². The van der Waals surface area contributed by atoms with Crippen LogP contribution in [0.3, 0.4) is 0 Å². The van der Waals surface area contributed by atoms with Gasteiger partial charge >= 0.3 is 5.97 Å². The summed E-state index contributed by atoms with van der Waals surface area (Å²) in [6.45, 7) is 4.08. The number of hydrogen-bond acceptors (Lipinski definition) is 6. The molecule has 1 heterocycles. The fourth-order valence-electron chi connectivity index (χ4n) is 1.34. The Balaban J connectivity index is 2.65. The lowest BCUT2D eigenvalue weighted by atomic mass is 10.2. The van der Waals surface area contributed by atoms with Crippen molar-refractivity contribution in [3.05, 3.63) is 16.1 Å². The SMILES string of the molecule is CCOC(=O)c1nc(C(=O)N(C)CCC(C)O)cs1. The van der Waals surface area contributed by atoms with Crippen molar-refractivity contribution < 1.29 is 19.4 Å². The fourth-order valence-corrected chi connectivity index (χ4v) is 2.02. The third-order valence-electron chi connectivity index (χ3n) is 2.40. The van der Waals surface area contributed by atoms with Crippen LogP contribution >= 0.6 is 11.3 Å². The Morgan fingerprint density at radius 1 is 1.58 bits per heavy atom. The summed E-state index contributed by atoms with van der Waals surface area (Å²) in [5.74, 6) is -0.786. The van der Waals surface area contributed by atoms with Crippen molar-refractivity contribution in [3.63, 3.8) is 0 Å². The number of aliphatic hydroxyl groups is 1. The molecule has 0 saturated carbocycles. The van der Waals surface area contributed by atoms with Gasteiger partial charge in [-0.25, -0.2) is 9.78 Å². The molecular formula is C12H18N2O4S. The summed E-state index contributed by atoms with van der Waals surface area (Å²) in [5.41, 5.74) is 0.223. The van der Waals surface area contributed by atoms with E-state index in [4.69, 9.17) is 4.74 Å². The zero-order chi connectivity index (χ0) is 14.4. The van der Waals surface area contributed by atoms with Gasteiger partial charge in [-0.1, -0.05) is 0 Å². The van der Waals surface area contributed by atoms with Crippen molar-refractivity contribution in [2.75, 3.05) is 20.2 Å². The number of hydrogen-bond donors (Lipinski definition) is 1. The summed E-state index contributed by atoms with van der Waals surface area (Å²) in [6, 6.07) is 0. The van der Waals surface area contributed by atoms with Gasteiger partial charge in [-0.3, -0.25) is 4.79 Å². The van der Waals surface area contributed by atoms with Gasteiger partial charge in [0.25, 0.3) is 5.91 Å². The number of nitrogens with zero attached hydrogens (tertiary/aromatic N) is 2.